The van der Waals surface area contributed by atoms with Gasteiger partial charge < -0.3 is 5.32 Å². The lowest BCUT2D eigenvalue weighted by molar-refractivity contribution is -0.394. The molecule has 1 aromatic heterocycles. The molecule has 0 spiro atoms. The number of aryl methyl sites for hydroxylation is 1. The van der Waals surface area contributed by atoms with Gasteiger partial charge in [-0.05, 0) is 26.0 Å². The summed E-state index contributed by atoms with van der Waals surface area (Å²) in [6, 6.07) is 12.1. The Hall–Kier alpha value is -4.08. The molecule has 0 atom stereocenters. The average Bonchev–Trinajstić information content (AvgIpc) is 2.96. The highest BCUT2D eigenvalue weighted by Gasteiger charge is 2.22. The van der Waals surface area contributed by atoms with Crippen LogP contribution in [-0.2, 0) is 0 Å². The van der Waals surface area contributed by atoms with Gasteiger partial charge in [-0.25, -0.2) is 4.68 Å². The van der Waals surface area contributed by atoms with Crippen LogP contribution in [0, 0.1) is 34.1 Å². The zero-order valence-corrected chi connectivity index (χ0v) is 14.9. The van der Waals surface area contributed by atoms with Crippen molar-refractivity contribution in [3.8, 4) is 5.69 Å². The number of benzene rings is 2. The van der Waals surface area contributed by atoms with Gasteiger partial charge in [0.2, 0.25) is 0 Å². The number of nitro benzene ring substituents is 2. The minimum Gasteiger partial charge on any atom is -0.319 e. The Kier molecular flexibility index (Phi) is 4.86. The number of hydrogen-bond donors (Lipinski definition) is 1. The van der Waals surface area contributed by atoms with Crippen LogP contribution in [0.5, 0.6) is 0 Å². The first kappa shape index (κ1) is 18.7. The van der Waals surface area contributed by atoms with Crippen LogP contribution in [-0.4, -0.2) is 25.5 Å². The maximum Gasteiger partial charge on any atom is 0.277 e. The molecule has 10 heteroatoms. The van der Waals surface area contributed by atoms with Crippen molar-refractivity contribution in [3.05, 3.63) is 85.7 Å². The van der Waals surface area contributed by atoms with Crippen LogP contribution in [0.1, 0.15) is 21.7 Å². The van der Waals surface area contributed by atoms with Crippen LogP contribution in [0.4, 0.5) is 17.1 Å². The van der Waals surface area contributed by atoms with Gasteiger partial charge in [-0.3, -0.25) is 25.0 Å². The molecule has 0 aliphatic heterocycles. The molecular formula is C18H15N5O5. The zero-order chi connectivity index (χ0) is 20.4. The Morgan fingerprint density at radius 1 is 1.00 bits per heavy atom. The second-order valence-electron chi connectivity index (χ2n) is 6.00. The predicted octanol–water partition coefficient (Wildman–Crippen LogP) is 3.56. The number of carbonyl (C=O) groups is 1. The molecular weight excluding hydrogens is 366 g/mol. The molecule has 0 aliphatic carbocycles. The number of rotatable bonds is 5. The monoisotopic (exact) mass is 381 g/mol. The molecule has 1 heterocycles. The van der Waals surface area contributed by atoms with Gasteiger partial charge in [-0.15, -0.1) is 0 Å². The number of anilines is 1. The predicted molar refractivity (Wildman–Crippen MR) is 101 cm³/mol. The molecule has 0 aliphatic rings. The van der Waals surface area contributed by atoms with E-state index in [1.165, 1.54) is 0 Å². The molecule has 142 valence electrons. The van der Waals surface area contributed by atoms with Crippen LogP contribution in [0.3, 0.4) is 0 Å². The summed E-state index contributed by atoms with van der Waals surface area (Å²) in [5, 5.41) is 29.1. The smallest absolute Gasteiger partial charge is 0.277 e. The first-order valence-corrected chi connectivity index (χ1v) is 8.15. The van der Waals surface area contributed by atoms with E-state index in [0.29, 0.717) is 17.1 Å². The second-order valence-corrected chi connectivity index (χ2v) is 6.00. The van der Waals surface area contributed by atoms with Crippen molar-refractivity contribution in [2.45, 2.75) is 13.8 Å². The van der Waals surface area contributed by atoms with Crippen LogP contribution in [0.2, 0.25) is 0 Å². The Labute approximate surface area is 158 Å². The molecule has 0 unspecified atom stereocenters. The molecule has 1 N–H and O–H groups in total. The van der Waals surface area contributed by atoms with Crippen LogP contribution >= 0.6 is 0 Å². The Bertz CT molecular complexity index is 1060. The lowest BCUT2D eigenvalue weighted by Crippen LogP contribution is -2.14. The number of non-ortho nitro benzene ring substituents is 2. The molecule has 0 radical (unpaired) electrons. The number of hydrogen-bond acceptors (Lipinski definition) is 6. The van der Waals surface area contributed by atoms with Crippen LogP contribution < -0.4 is 5.32 Å². The summed E-state index contributed by atoms with van der Waals surface area (Å²) in [5.74, 6) is -0.703. The molecule has 0 saturated carbocycles. The maximum absolute atomic E-state index is 12.6. The van der Waals surface area contributed by atoms with E-state index in [0.717, 1.165) is 23.9 Å². The summed E-state index contributed by atoms with van der Waals surface area (Å²) >= 11 is 0. The molecule has 28 heavy (non-hydrogen) atoms. The van der Waals surface area contributed by atoms with Gasteiger partial charge in [0, 0.05) is 12.1 Å². The summed E-state index contributed by atoms with van der Waals surface area (Å²) in [4.78, 5) is 33.1. The van der Waals surface area contributed by atoms with Crippen molar-refractivity contribution in [1.29, 1.82) is 0 Å². The highest BCUT2D eigenvalue weighted by atomic mass is 16.6. The third kappa shape index (κ3) is 3.56. The number of nitro groups is 2. The maximum atomic E-state index is 12.6. The summed E-state index contributed by atoms with van der Waals surface area (Å²) < 4.78 is 1.65. The number of aromatic nitrogens is 2. The molecule has 10 nitrogen and oxygen atoms in total. The lowest BCUT2D eigenvalue weighted by atomic mass is 10.1. The quantitative estimate of drug-likeness (QED) is 0.530. The number of nitrogens with one attached hydrogen (secondary N) is 1. The minimum atomic E-state index is -0.784. The van der Waals surface area contributed by atoms with Crippen molar-refractivity contribution < 1.29 is 14.6 Å². The SMILES string of the molecule is Cc1nn(-c2ccccc2)c(C)c1NC(=O)c1cc([N+](=O)[O-])cc([N+](=O)[O-])c1. The van der Waals surface area contributed by atoms with E-state index in [-0.39, 0.29) is 5.56 Å². The van der Waals surface area contributed by atoms with Crippen LogP contribution in [0.15, 0.2) is 48.5 Å². The fraction of sp³-hybridized carbons (Fsp3) is 0.111. The average molecular weight is 381 g/mol. The van der Waals surface area contributed by atoms with E-state index in [2.05, 4.69) is 10.4 Å². The molecule has 2 aromatic carbocycles. The number of carbonyl (C=O) groups excluding carboxylic acids is 1. The molecule has 1 amide bonds. The van der Waals surface area contributed by atoms with Crippen molar-refractivity contribution >= 4 is 23.0 Å². The van der Waals surface area contributed by atoms with E-state index < -0.39 is 27.1 Å². The minimum absolute atomic E-state index is 0.188. The van der Waals surface area contributed by atoms with E-state index in [9.17, 15) is 25.0 Å². The fourth-order valence-electron chi connectivity index (χ4n) is 2.77. The lowest BCUT2D eigenvalue weighted by Gasteiger charge is -2.07. The Balaban J connectivity index is 1.97. The highest BCUT2D eigenvalue weighted by Crippen LogP contribution is 2.26. The molecule has 3 rings (SSSR count). The van der Waals surface area contributed by atoms with Gasteiger partial charge in [0.05, 0.1) is 44.2 Å². The third-order valence-electron chi connectivity index (χ3n) is 4.12. The van der Waals surface area contributed by atoms with Gasteiger partial charge in [0.1, 0.15) is 0 Å². The standard InChI is InChI=1S/C18H15N5O5/c1-11-17(12(2)21(20-11)14-6-4-3-5-7-14)19-18(24)13-8-15(22(25)26)10-16(9-13)23(27)28/h3-10H,1-2H3,(H,19,24). The van der Waals surface area contributed by atoms with Crippen LogP contribution in [0.25, 0.3) is 5.69 Å². The first-order chi connectivity index (χ1) is 13.3. The topological polar surface area (TPSA) is 133 Å². The fourth-order valence-corrected chi connectivity index (χ4v) is 2.77. The molecule has 3 aromatic rings. The first-order valence-electron chi connectivity index (χ1n) is 8.15. The van der Waals surface area contributed by atoms with Gasteiger partial charge >= 0.3 is 0 Å². The summed E-state index contributed by atoms with van der Waals surface area (Å²) in [6.45, 7) is 3.47. The number of nitrogens with zero attached hydrogens (tertiary/aromatic N) is 4. The summed E-state index contributed by atoms with van der Waals surface area (Å²) in [7, 11) is 0. The van der Waals surface area contributed by atoms with Crippen molar-refractivity contribution in [2.24, 2.45) is 0 Å². The Morgan fingerprint density at radius 2 is 1.57 bits per heavy atom. The summed E-state index contributed by atoms with van der Waals surface area (Å²) in [6.07, 6.45) is 0. The van der Waals surface area contributed by atoms with Crippen molar-refractivity contribution in [2.75, 3.05) is 5.32 Å². The molecule has 0 saturated heterocycles. The van der Waals surface area contributed by atoms with Gasteiger partial charge in [-0.1, -0.05) is 18.2 Å². The van der Waals surface area contributed by atoms with Gasteiger partial charge in [0.15, 0.2) is 0 Å². The van der Waals surface area contributed by atoms with Gasteiger partial charge in [0.25, 0.3) is 17.3 Å². The number of para-hydroxylation sites is 1. The zero-order valence-electron chi connectivity index (χ0n) is 14.9. The molecule has 0 bridgehead atoms. The van der Waals surface area contributed by atoms with Crippen molar-refractivity contribution in [3.63, 3.8) is 0 Å². The van der Waals surface area contributed by atoms with E-state index in [1.54, 1.807) is 18.5 Å². The third-order valence-corrected chi connectivity index (χ3v) is 4.12. The van der Waals surface area contributed by atoms with E-state index in [4.69, 9.17) is 0 Å². The van der Waals surface area contributed by atoms with Gasteiger partial charge in [-0.2, -0.15) is 5.10 Å². The van der Waals surface area contributed by atoms with E-state index in [1.807, 2.05) is 30.3 Å². The normalized spacial score (nSPS) is 10.5. The Morgan fingerprint density at radius 3 is 2.11 bits per heavy atom. The molecule has 0 fully saturated rings. The summed E-state index contributed by atoms with van der Waals surface area (Å²) in [5.41, 5.74) is 1.16. The highest BCUT2D eigenvalue weighted by molar-refractivity contribution is 6.05. The van der Waals surface area contributed by atoms with Crippen molar-refractivity contribution in [1.82, 2.24) is 9.78 Å². The largest absolute Gasteiger partial charge is 0.319 e. The second kappa shape index (κ2) is 7.27. The van der Waals surface area contributed by atoms with E-state index >= 15 is 0 Å². The number of amides is 1.